The SMILES string of the molecule is CCC(C)c1nnc(-c2ccccn2)o1. The van der Waals surface area contributed by atoms with Crippen LogP contribution in [0, 0.1) is 0 Å². The van der Waals surface area contributed by atoms with Gasteiger partial charge < -0.3 is 4.42 Å². The van der Waals surface area contributed by atoms with Crippen molar-refractivity contribution in [1.82, 2.24) is 15.2 Å². The van der Waals surface area contributed by atoms with E-state index in [9.17, 15) is 0 Å². The van der Waals surface area contributed by atoms with Crippen molar-refractivity contribution in [3.63, 3.8) is 0 Å². The number of hydrogen-bond donors (Lipinski definition) is 0. The molecule has 0 saturated heterocycles. The van der Waals surface area contributed by atoms with Gasteiger partial charge in [-0.2, -0.15) is 0 Å². The van der Waals surface area contributed by atoms with Crippen molar-refractivity contribution in [3.8, 4) is 11.6 Å². The second-order valence-electron chi connectivity index (χ2n) is 3.47. The molecule has 2 heterocycles. The molecule has 1 unspecified atom stereocenters. The molecule has 4 heteroatoms. The third-order valence-electron chi connectivity index (χ3n) is 2.36. The van der Waals surface area contributed by atoms with Crippen LogP contribution >= 0.6 is 0 Å². The van der Waals surface area contributed by atoms with Crippen LogP contribution in [-0.4, -0.2) is 15.2 Å². The number of pyridine rings is 1. The summed E-state index contributed by atoms with van der Waals surface area (Å²) in [6, 6.07) is 5.61. The number of hydrogen-bond acceptors (Lipinski definition) is 4. The van der Waals surface area contributed by atoms with Gasteiger partial charge in [0.15, 0.2) is 0 Å². The van der Waals surface area contributed by atoms with Gasteiger partial charge in [0.25, 0.3) is 5.89 Å². The molecule has 2 rings (SSSR count). The van der Waals surface area contributed by atoms with E-state index in [2.05, 4.69) is 29.0 Å². The molecule has 2 aromatic rings. The van der Waals surface area contributed by atoms with Crippen molar-refractivity contribution in [2.24, 2.45) is 0 Å². The molecule has 4 nitrogen and oxygen atoms in total. The largest absolute Gasteiger partial charge is 0.419 e. The Hall–Kier alpha value is -1.71. The van der Waals surface area contributed by atoms with Crippen LogP contribution in [-0.2, 0) is 0 Å². The van der Waals surface area contributed by atoms with Crippen molar-refractivity contribution in [2.75, 3.05) is 0 Å². The van der Waals surface area contributed by atoms with Crippen LogP contribution in [0.25, 0.3) is 11.6 Å². The van der Waals surface area contributed by atoms with E-state index < -0.39 is 0 Å². The quantitative estimate of drug-likeness (QED) is 0.769. The molecule has 0 bridgehead atoms. The van der Waals surface area contributed by atoms with E-state index >= 15 is 0 Å². The molecule has 0 aromatic carbocycles. The summed E-state index contributed by atoms with van der Waals surface area (Å²) >= 11 is 0. The molecule has 78 valence electrons. The number of aromatic nitrogens is 3. The standard InChI is InChI=1S/C11H13N3O/c1-3-8(2)10-13-14-11(15-10)9-6-4-5-7-12-9/h4-8H,3H2,1-2H3. The molecule has 2 aromatic heterocycles. The highest BCUT2D eigenvalue weighted by Crippen LogP contribution is 2.21. The van der Waals surface area contributed by atoms with Crippen LogP contribution in [0.1, 0.15) is 32.1 Å². The van der Waals surface area contributed by atoms with Gasteiger partial charge in [-0.1, -0.05) is 19.9 Å². The fraction of sp³-hybridized carbons (Fsp3) is 0.364. The number of nitrogens with zero attached hydrogens (tertiary/aromatic N) is 3. The lowest BCUT2D eigenvalue weighted by Crippen LogP contribution is -1.90. The summed E-state index contributed by atoms with van der Waals surface area (Å²) in [7, 11) is 0. The van der Waals surface area contributed by atoms with E-state index in [1.165, 1.54) is 0 Å². The van der Waals surface area contributed by atoms with Crippen LogP contribution in [0.3, 0.4) is 0 Å². The third kappa shape index (κ3) is 2.03. The molecule has 0 saturated carbocycles. The zero-order valence-electron chi connectivity index (χ0n) is 8.84. The smallest absolute Gasteiger partial charge is 0.266 e. The molecule has 0 N–H and O–H groups in total. The maximum atomic E-state index is 5.54. The zero-order valence-corrected chi connectivity index (χ0v) is 8.84. The van der Waals surface area contributed by atoms with Gasteiger partial charge in [-0.3, -0.25) is 4.98 Å². The monoisotopic (exact) mass is 203 g/mol. The maximum absolute atomic E-state index is 5.54. The Kier molecular flexibility index (Phi) is 2.76. The maximum Gasteiger partial charge on any atom is 0.266 e. The highest BCUT2D eigenvalue weighted by Gasteiger charge is 2.13. The zero-order chi connectivity index (χ0) is 10.7. The van der Waals surface area contributed by atoms with E-state index in [1.54, 1.807) is 6.20 Å². The van der Waals surface area contributed by atoms with Crippen molar-refractivity contribution in [2.45, 2.75) is 26.2 Å². The van der Waals surface area contributed by atoms with E-state index in [4.69, 9.17) is 4.42 Å². The van der Waals surface area contributed by atoms with Gasteiger partial charge in [0.2, 0.25) is 5.89 Å². The predicted molar refractivity (Wildman–Crippen MR) is 56.2 cm³/mol. The molecule has 0 aliphatic rings. The molecular weight excluding hydrogens is 190 g/mol. The fourth-order valence-electron chi connectivity index (χ4n) is 1.20. The lowest BCUT2D eigenvalue weighted by Gasteiger charge is -1.99. The Bertz CT molecular complexity index is 424. The summed E-state index contributed by atoms with van der Waals surface area (Å²) < 4.78 is 5.54. The van der Waals surface area contributed by atoms with Gasteiger partial charge in [-0.25, -0.2) is 0 Å². The minimum absolute atomic E-state index is 0.301. The van der Waals surface area contributed by atoms with Crippen LogP contribution in [0.4, 0.5) is 0 Å². The van der Waals surface area contributed by atoms with Gasteiger partial charge in [0.05, 0.1) is 0 Å². The summed E-state index contributed by atoms with van der Waals surface area (Å²) in [5, 5.41) is 7.98. The fourth-order valence-corrected chi connectivity index (χ4v) is 1.20. The lowest BCUT2D eigenvalue weighted by atomic mass is 10.1. The second-order valence-corrected chi connectivity index (χ2v) is 3.47. The van der Waals surface area contributed by atoms with E-state index in [1.807, 2.05) is 18.2 Å². The van der Waals surface area contributed by atoms with Gasteiger partial charge in [-0.05, 0) is 18.6 Å². The van der Waals surface area contributed by atoms with E-state index in [-0.39, 0.29) is 0 Å². The summed E-state index contributed by atoms with van der Waals surface area (Å²) in [4.78, 5) is 4.15. The molecule has 0 amide bonds. The Morgan fingerprint density at radius 2 is 2.20 bits per heavy atom. The Morgan fingerprint density at radius 3 is 2.87 bits per heavy atom. The summed E-state index contributed by atoms with van der Waals surface area (Å²) in [6.45, 7) is 4.16. The Balaban J connectivity index is 2.28. The van der Waals surface area contributed by atoms with Crippen molar-refractivity contribution in [3.05, 3.63) is 30.3 Å². The number of rotatable bonds is 3. The predicted octanol–water partition coefficient (Wildman–Crippen LogP) is 2.65. The molecule has 0 radical (unpaired) electrons. The highest BCUT2D eigenvalue weighted by atomic mass is 16.4. The van der Waals surface area contributed by atoms with Crippen LogP contribution in [0.15, 0.2) is 28.8 Å². The second kappa shape index (κ2) is 4.21. The van der Waals surface area contributed by atoms with Crippen LogP contribution < -0.4 is 0 Å². The average molecular weight is 203 g/mol. The van der Waals surface area contributed by atoms with Crippen LogP contribution in [0.2, 0.25) is 0 Å². The third-order valence-corrected chi connectivity index (χ3v) is 2.36. The molecule has 0 spiro atoms. The molecule has 1 atom stereocenters. The summed E-state index contributed by atoms with van der Waals surface area (Å²) in [5.74, 6) is 1.47. The van der Waals surface area contributed by atoms with E-state index in [0.717, 1.165) is 12.1 Å². The molecule has 15 heavy (non-hydrogen) atoms. The first-order valence-corrected chi connectivity index (χ1v) is 5.06. The highest BCUT2D eigenvalue weighted by molar-refractivity contribution is 5.44. The lowest BCUT2D eigenvalue weighted by molar-refractivity contribution is 0.461. The Labute approximate surface area is 88.4 Å². The minimum atomic E-state index is 0.301. The molecular formula is C11H13N3O. The normalized spacial score (nSPS) is 12.7. The van der Waals surface area contributed by atoms with Gasteiger partial charge in [0.1, 0.15) is 5.69 Å². The molecule has 0 fully saturated rings. The van der Waals surface area contributed by atoms with Gasteiger partial charge in [-0.15, -0.1) is 10.2 Å². The molecule has 0 aliphatic heterocycles. The first-order valence-electron chi connectivity index (χ1n) is 5.06. The first kappa shape index (κ1) is 9.83. The van der Waals surface area contributed by atoms with Crippen molar-refractivity contribution < 1.29 is 4.42 Å². The van der Waals surface area contributed by atoms with Gasteiger partial charge in [0, 0.05) is 12.1 Å². The molecule has 0 aliphatic carbocycles. The minimum Gasteiger partial charge on any atom is -0.419 e. The van der Waals surface area contributed by atoms with Crippen LogP contribution in [0.5, 0.6) is 0 Å². The first-order chi connectivity index (χ1) is 7.31. The topological polar surface area (TPSA) is 51.8 Å². The van der Waals surface area contributed by atoms with Crippen molar-refractivity contribution in [1.29, 1.82) is 0 Å². The van der Waals surface area contributed by atoms with Crippen molar-refractivity contribution >= 4 is 0 Å². The average Bonchev–Trinajstić information content (AvgIpc) is 2.78. The van der Waals surface area contributed by atoms with Gasteiger partial charge >= 0.3 is 0 Å². The summed E-state index contributed by atoms with van der Waals surface area (Å²) in [6.07, 6.45) is 2.70. The Morgan fingerprint density at radius 1 is 1.33 bits per heavy atom. The van der Waals surface area contributed by atoms with E-state index in [0.29, 0.717) is 17.7 Å². The summed E-state index contributed by atoms with van der Waals surface area (Å²) in [5.41, 5.74) is 0.722.